The number of pyridine rings is 1. The van der Waals surface area contributed by atoms with Gasteiger partial charge in [-0.1, -0.05) is 12.1 Å². The number of nitrogens with zero attached hydrogens (tertiary/aromatic N) is 4. The Balaban J connectivity index is 1.33. The second-order valence-electron chi connectivity index (χ2n) is 8.96. The predicted octanol–water partition coefficient (Wildman–Crippen LogP) is 2.83. The van der Waals surface area contributed by atoms with E-state index in [1.807, 2.05) is 30.3 Å². The fourth-order valence-corrected chi connectivity index (χ4v) is 4.24. The molecule has 0 atom stereocenters. The van der Waals surface area contributed by atoms with E-state index in [2.05, 4.69) is 27.3 Å². The molecule has 34 heavy (non-hydrogen) atoms. The number of amides is 1. The summed E-state index contributed by atoms with van der Waals surface area (Å²) in [5.41, 5.74) is 2.21. The van der Waals surface area contributed by atoms with Gasteiger partial charge >= 0.3 is 0 Å². The molecule has 10 heteroatoms. The van der Waals surface area contributed by atoms with Crippen molar-refractivity contribution >= 4 is 46.0 Å². The normalized spacial score (nSPS) is 15.6. The summed E-state index contributed by atoms with van der Waals surface area (Å²) >= 11 is 0. The average molecular weight is 445 g/mol. The lowest BCUT2D eigenvalue weighted by Gasteiger charge is -2.27. The first kappa shape index (κ1) is 22.5. The quantitative estimate of drug-likeness (QED) is 0.479. The minimum absolute atomic E-state index is 0.252. The van der Waals surface area contributed by atoms with Gasteiger partial charge in [-0.3, -0.25) is 9.48 Å². The maximum atomic E-state index is 12.8. The molecule has 1 aromatic carbocycles. The van der Waals surface area contributed by atoms with E-state index in [9.17, 15) is 4.79 Å². The number of furan rings is 1. The number of carbonyl (C=O) groups is 1. The molecule has 1 aliphatic rings. The van der Waals surface area contributed by atoms with Gasteiger partial charge in [-0.05, 0) is 67.4 Å². The third kappa shape index (κ3) is 4.68. The molecule has 7 nitrogen and oxygen atoms in total. The minimum atomic E-state index is -1.57. The van der Waals surface area contributed by atoms with Gasteiger partial charge in [-0.25, -0.2) is 4.98 Å². The van der Waals surface area contributed by atoms with Crippen molar-refractivity contribution in [2.45, 2.75) is 24.0 Å². The number of rotatable bonds is 5. The van der Waals surface area contributed by atoms with E-state index in [1.54, 1.807) is 18.6 Å². The first-order chi connectivity index (χ1) is 16.3. The summed E-state index contributed by atoms with van der Waals surface area (Å²) in [4.78, 5) is 19.5. The molecule has 164 valence electrons. The van der Waals surface area contributed by atoms with E-state index in [0.717, 1.165) is 53.6 Å². The maximum Gasteiger partial charge on any atom is 0.260 e. The van der Waals surface area contributed by atoms with Crippen molar-refractivity contribution in [1.29, 1.82) is 0 Å². The summed E-state index contributed by atoms with van der Waals surface area (Å²) in [5, 5.41) is 7.28. The number of benzene rings is 1. The van der Waals surface area contributed by atoms with Gasteiger partial charge in [0.15, 0.2) is 0 Å². The zero-order valence-electron chi connectivity index (χ0n) is 18.9. The molecular weight excluding hydrogens is 423 g/mol. The van der Waals surface area contributed by atoms with E-state index in [4.69, 9.17) is 28.0 Å². The Morgan fingerprint density at radius 1 is 1.09 bits per heavy atom. The van der Waals surface area contributed by atoms with Crippen LogP contribution >= 0.6 is 0 Å². The monoisotopic (exact) mass is 445 g/mol. The third-order valence-electron chi connectivity index (χ3n) is 6.28. The Labute approximate surface area is 202 Å². The number of nitrogens with one attached hydrogen (secondary N) is 1. The highest BCUT2D eigenvalue weighted by Gasteiger charge is 2.22. The Hall–Kier alpha value is -3.26. The van der Waals surface area contributed by atoms with Crippen molar-refractivity contribution in [2.24, 2.45) is 0 Å². The highest BCUT2D eigenvalue weighted by atomic mass is 16.3. The molecule has 5 rings (SSSR count). The van der Waals surface area contributed by atoms with Crippen LogP contribution in [0.4, 0.5) is 5.82 Å². The van der Waals surface area contributed by atoms with Gasteiger partial charge < -0.3 is 14.6 Å². The van der Waals surface area contributed by atoms with Crippen LogP contribution in [0.5, 0.6) is 0 Å². The van der Waals surface area contributed by atoms with Crippen LogP contribution < -0.4 is 5.32 Å². The molecule has 0 saturated carbocycles. The lowest BCUT2D eigenvalue weighted by atomic mass is 9.49. The first-order valence-electron chi connectivity index (χ1n) is 11.2. The topological polar surface area (TPSA) is 76.2 Å². The average Bonchev–Trinajstić information content (AvgIpc) is 3.49. The van der Waals surface area contributed by atoms with Crippen LogP contribution in [0.25, 0.3) is 21.9 Å². The van der Waals surface area contributed by atoms with E-state index in [0.29, 0.717) is 17.3 Å². The van der Waals surface area contributed by atoms with Crippen molar-refractivity contribution < 1.29 is 9.21 Å². The molecule has 1 aliphatic heterocycles. The molecule has 1 fully saturated rings. The smallest absolute Gasteiger partial charge is 0.260 e. The summed E-state index contributed by atoms with van der Waals surface area (Å²) in [6.07, 6.45) is 8.64. The molecule has 3 aromatic heterocycles. The number of hydrogen-bond acceptors (Lipinski definition) is 5. The van der Waals surface area contributed by atoms with Gasteiger partial charge in [0.1, 0.15) is 17.8 Å². The standard InChI is InChI=1S/C24H22B3N5O2/c1-31-6-4-15(5-7-31)21-9-19(14-34-21)23(33)30-22-10-18-8-16(2-3-17(18)11-28-22)20-12-29-32(13-20)24(25,26)27/h2-3,8-15H,4-7H2,1H3,(H,28,30,33). The highest BCUT2D eigenvalue weighted by Crippen LogP contribution is 2.29. The molecule has 1 N–H and O–H groups in total. The molecule has 4 aromatic rings. The minimum Gasteiger partial charge on any atom is -0.468 e. The highest BCUT2D eigenvalue weighted by molar-refractivity contribution is 6.56. The van der Waals surface area contributed by atoms with E-state index >= 15 is 0 Å². The third-order valence-corrected chi connectivity index (χ3v) is 6.28. The molecule has 0 spiro atoms. The Morgan fingerprint density at radius 3 is 2.62 bits per heavy atom. The van der Waals surface area contributed by atoms with Crippen LogP contribution in [-0.4, -0.2) is 69.2 Å². The molecule has 1 saturated heterocycles. The lowest BCUT2D eigenvalue weighted by molar-refractivity contribution is 0.102. The molecular formula is C24H22B3N5O2. The van der Waals surface area contributed by atoms with Gasteiger partial charge in [-0.2, -0.15) is 5.10 Å². The van der Waals surface area contributed by atoms with Crippen LogP contribution in [0.1, 0.15) is 34.9 Å². The van der Waals surface area contributed by atoms with Crippen LogP contribution in [-0.2, 0) is 5.24 Å². The van der Waals surface area contributed by atoms with E-state index in [-0.39, 0.29) is 5.91 Å². The van der Waals surface area contributed by atoms with Crippen LogP contribution in [0, 0.1) is 0 Å². The lowest BCUT2D eigenvalue weighted by Crippen LogP contribution is -2.35. The van der Waals surface area contributed by atoms with Crippen molar-refractivity contribution in [1.82, 2.24) is 19.7 Å². The van der Waals surface area contributed by atoms with Crippen molar-refractivity contribution in [2.75, 3.05) is 25.5 Å². The SMILES string of the molecule is [B]C([B])([B])n1cc(-c2ccc3cnc(NC(=O)c4coc(C5CCN(C)CC5)c4)cc3c2)cn1. The number of fused-ring (bicyclic) bond motifs is 1. The van der Waals surface area contributed by atoms with Gasteiger partial charge in [0.2, 0.25) is 0 Å². The van der Waals surface area contributed by atoms with Crippen LogP contribution in [0.3, 0.4) is 0 Å². The molecule has 0 bridgehead atoms. The molecule has 1 amide bonds. The zero-order valence-corrected chi connectivity index (χ0v) is 18.9. The fraction of sp³-hybridized carbons (Fsp3) is 0.292. The second kappa shape index (κ2) is 8.83. The van der Waals surface area contributed by atoms with Crippen molar-refractivity contribution in [3.8, 4) is 11.1 Å². The Morgan fingerprint density at radius 2 is 1.88 bits per heavy atom. The van der Waals surface area contributed by atoms with Crippen LogP contribution in [0.15, 0.2) is 59.6 Å². The zero-order chi connectivity index (χ0) is 23.9. The second-order valence-corrected chi connectivity index (χ2v) is 8.96. The summed E-state index contributed by atoms with van der Waals surface area (Å²) in [6.45, 7) is 2.06. The molecule has 0 aliphatic carbocycles. The number of aromatic nitrogens is 3. The number of anilines is 1. The number of piperidine rings is 1. The van der Waals surface area contributed by atoms with Crippen LogP contribution in [0.2, 0.25) is 0 Å². The van der Waals surface area contributed by atoms with Gasteiger partial charge in [0.25, 0.3) is 5.91 Å². The Bertz CT molecular complexity index is 1340. The Kier molecular flexibility index (Phi) is 5.85. The predicted molar refractivity (Wildman–Crippen MR) is 134 cm³/mol. The first-order valence-corrected chi connectivity index (χ1v) is 11.2. The summed E-state index contributed by atoms with van der Waals surface area (Å²) < 4.78 is 7.03. The molecule has 6 radical (unpaired) electrons. The largest absolute Gasteiger partial charge is 0.468 e. The van der Waals surface area contributed by atoms with E-state index in [1.165, 1.54) is 10.9 Å². The maximum absolute atomic E-state index is 12.8. The van der Waals surface area contributed by atoms with Gasteiger partial charge in [-0.15, -0.1) is 0 Å². The summed E-state index contributed by atoms with van der Waals surface area (Å²) in [5.74, 6) is 1.42. The van der Waals surface area contributed by atoms with Gasteiger partial charge in [0, 0.05) is 29.3 Å². The number of carbonyl (C=O) groups excluding carboxylic acids is 1. The van der Waals surface area contributed by atoms with Crippen molar-refractivity contribution in [3.63, 3.8) is 0 Å². The number of likely N-dealkylation sites (tertiary alicyclic amines) is 1. The summed E-state index contributed by atoms with van der Waals surface area (Å²) in [7, 11) is 19.2. The summed E-state index contributed by atoms with van der Waals surface area (Å²) in [6, 6.07) is 9.55. The van der Waals surface area contributed by atoms with Crippen molar-refractivity contribution in [3.05, 3.63) is 66.5 Å². The fourth-order valence-electron chi connectivity index (χ4n) is 4.24. The van der Waals surface area contributed by atoms with Gasteiger partial charge in [0.05, 0.1) is 35.3 Å². The van der Waals surface area contributed by atoms with E-state index < -0.39 is 5.24 Å². The molecule has 4 heterocycles. The number of hydrogen-bond donors (Lipinski definition) is 1. The molecule has 0 unspecified atom stereocenters.